The predicted octanol–water partition coefficient (Wildman–Crippen LogP) is 2.85. The Morgan fingerprint density at radius 2 is 1.47 bits per heavy atom. The third kappa shape index (κ3) is 11.8. The average molecular weight is 216 g/mol. The van der Waals surface area contributed by atoms with Gasteiger partial charge in [-0.05, 0) is 58.9 Å². The summed E-state index contributed by atoms with van der Waals surface area (Å²) in [5, 5.41) is 3.21. The number of nitrogens with zero attached hydrogens (tertiary/aromatic N) is 1. The quantitative estimate of drug-likeness (QED) is 0.704. The van der Waals surface area contributed by atoms with Crippen LogP contribution in [0, 0.1) is 11.8 Å². The van der Waals surface area contributed by atoms with E-state index in [1.807, 2.05) is 20.9 Å². The molecule has 0 spiro atoms. The van der Waals surface area contributed by atoms with E-state index >= 15 is 0 Å². The van der Waals surface area contributed by atoms with Crippen LogP contribution in [-0.4, -0.2) is 39.1 Å². The fourth-order valence-electron chi connectivity index (χ4n) is 1.40. The number of nitrogens with one attached hydrogen (secondary N) is 1. The van der Waals surface area contributed by atoms with Gasteiger partial charge in [-0.1, -0.05) is 27.7 Å². The van der Waals surface area contributed by atoms with Crippen molar-refractivity contribution in [3.63, 3.8) is 0 Å². The second kappa shape index (κ2) is 12.0. The van der Waals surface area contributed by atoms with Crippen LogP contribution >= 0.6 is 0 Å². The first-order chi connectivity index (χ1) is 7.07. The summed E-state index contributed by atoms with van der Waals surface area (Å²) in [6.45, 7) is 11.1. The topological polar surface area (TPSA) is 15.3 Å². The molecular weight excluding hydrogens is 184 g/mol. The zero-order valence-electron chi connectivity index (χ0n) is 11.9. The maximum Gasteiger partial charge on any atom is -0.00222 e. The summed E-state index contributed by atoms with van der Waals surface area (Å²) in [5.74, 6) is 1.68. The minimum Gasteiger partial charge on any atom is -0.320 e. The second-order valence-corrected chi connectivity index (χ2v) is 4.44. The number of hydrogen-bond donors (Lipinski definition) is 1. The van der Waals surface area contributed by atoms with Crippen LogP contribution in [0.3, 0.4) is 0 Å². The zero-order valence-corrected chi connectivity index (χ0v) is 11.9. The van der Waals surface area contributed by atoms with Gasteiger partial charge in [0.15, 0.2) is 0 Å². The van der Waals surface area contributed by atoms with E-state index in [2.05, 4.69) is 38.2 Å². The molecule has 15 heavy (non-hydrogen) atoms. The summed E-state index contributed by atoms with van der Waals surface area (Å²) in [4.78, 5) is 2.27. The van der Waals surface area contributed by atoms with Crippen molar-refractivity contribution in [3.8, 4) is 0 Å². The number of rotatable bonds is 7. The van der Waals surface area contributed by atoms with Gasteiger partial charge < -0.3 is 10.2 Å². The van der Waals surface area contributed by atoms with E-state index in [-0.39, 0.29) is 0 Å². The second-order valence-electron chi connectivity index (χ2n) is 4.44. The highest BCUT2D eigenvalue weighted by atomic mass is 15.0. The monoisotopic (exact) mass is 216 g/mol. The SMILES string of the molecule is CC.CNCCC(C)C(C)CCN(C)C. The predicted molar refractivity (Wildman–Crippen MR) is 71.4 cm³/mol. The van der Waals surface area contributed by atoms with Gasteiger partial charge in [-0.25, -0.2) is 0 Å². The Hall–Kier alpha value is -0.0800. The van der Waals surface area contributed by atoms with Gasteiger partial charge >= 0.3 is 0 Å². The van der Waals surface area contributed by atoms with Crippen molar-refractivity contribution < 1.29 is 0 Å². The Labute approximate surface area is 97.4 Å². The molecule has 1 N–H and O–H groups in total. The fourth-order valence-corrected chi connectivity index (χ4v) is 1.40. The summed E-state index contributed by atoms with van der Waals surface area (Å²) in [7, 11) is 6.31. The minimum atomic E-state index is 0.840. The highest BCUT2D eigenvalue weighted by Crippen LogP contribution is 2.17. The van der Waals surface area contributed by atoms with E-state index in [0.29, 0.717) is 0 Å². The molecule has 0 rings (SSSR count). The van der Waals surface area contributed by atoms with Gasteiger partial charge in [0.2, 0.25) is 0 Å². The van der Waals surface area contributed by atoms with Gasteiger partial charge in [-0.2, -0.15) is 0 Å². The van der Waals surface area contributed by atoms with Crippen LogP contribution in [0.25, 0.3) is 0 Å². The van der Waals surface area contributed by atoms with Crippen LogP contribution in [0.15, 0.2) is 0 Å². The lowest BCUT2D eigenvalue weighted by atomic mass is 9.90. The van der Waals surface area contributed by atoms with Crippen LogP contribution in [0.2, 0.25) is 0 Å². The highest BCUT2D eigenvalue weighted by Gasteiger charge is 2.11. The van der Waals surface area contributed by atoms with Gasteiger partial charge in [0.25, 0.3) is 0 Å². The minimum absolute atomic E-state index is 0.840. The van der Waals surface area contributed by atoms with Crippen LogP contribution < -0.4 is 5.32 Å². The molecule has 0 aromatic carbocycles. The Morgan fingerprint density at radius 1 is 1.00 bits per heavy atom. The van der Waals surface area contributed by atoms with Gasteiger partial charge in [0.05, 0.1) is 0 Å². The molecule has 2 atom stereocenters. The Bertz CT molecular complexity index is 113. The molecule has 0 heterocycles. The summed E-state index contributed by atoms with van der Waals surface area (Å²) < 4.78 is 0. The summed E-state index contributed by atoms with van der Waals surface area (Å²) in [5.41, 5.74) is 0. The van der Waals surface area contributed by atoms with Gasteiger partial charge in [-0.3, -0.25) is 0 Å². The van der Waals surface area contributed by atoms with E-state index in [1.165, 1.54) is 19.4 Å². The van der Waals surface area contributed by atoms with Gasteiger partial charge in [-0.15, -0.1) is 0 Å². The molecule has 2 unspecified atom stereocenters. The normalized spacial score (nSPS) is 14.4. The Kier molecular flexibility index (Phi) is 13.8. The lowest BCUT2D eigenvalue weighted by Gasteiger charge is -2.21. The van der Waals surface area contributed by atoms with Crippen molar-refractivity contribution in [2.45, 2.75) is 40.5 Å². The van der Waals surface area contributed by atoms with Crippen molar-refractivity contribution in [2.75, 3.05) is 34.2 Å². The van der Waals surface area contributed by atoms with Crippen molar-refractivity contribution in [1.29, 1.82) is 0 Å². The van der Waals surface area contributed by atoms with Crippen molar-refractivity contribution in [3.05, 3.63) is 0 Å². The van der Waals surface area contributed by atoms with Crippen molar-refractivity contribution in [2.24, 2.45) is 11.8 Å². The summed E-state index contributed by atoms with van der Waals surface area (Å²) in [6.07, 6.45) is 2.61. The molecule has 2 nitrogen and oxygen atoms in total. The lowest BCUT2D eigenvalue weighted by molar-refractivity contribution is 0.292. The van der Waals surface area contributed by atoms with E-state index in [9.17, 15) is 0 Å². The molecule has 0 bridgehead atoms. The molecule has 0 aliphatic heterocycles. The molecule has 0 aliphatic carbocycles. The molecule has 2 heteroatoms. The van der Waals surface area contributed by atoms with Gasteiger partial charge in [0.1, 0.15) is 0 Å². The van der Waals surface area contributed by atoms with E-state index in [4.69, 9.17) is 0 Å². The standard InChI is InChI=1S/C11H26N2.C2H6/c1-10(6-8-12-3)11(2)7-9-13(4)5;1-2/h10-12H,6-9H2,1-5H3;1-2H3. The Balaban J connectivity index is 0. The van der Waals surface area contributed by atoms with Crippen molar-refractivity contribution >= 4 is 0 Å². The average Bonchev–Trinajstić information content (AvgIpc) is 2.25. The fraction of sp³-hybridized carbons (Fsp3) is 1.00. The molecule has 0 saturated carbocycles. The third-order valence-electron chi connectivity index (χ3n) is 2.85. The molecular formula is C13H32N2. The molecule has 0 aromatic heterocycles. The smallest absolute Gasteiger partial charge is 0.00222 e. The molecule has 0 aromatic rings. The first-order valence-corrected chi connectivity index (χ1v) is 6.37. The third-order valence-corrected chi connectivity index (χ3v) is 2.85. The maximum atomic E-state index is 3.21. The lowest BCUT2D eigenvalue weighted by Crippen LogP contribution is -2.21. The number of hydrogen-bond acceptors (Lipinski definition) is 2. The van der Waals surface area contributed by atoms with Crippen molar-refractivity contribution in [1.82, 2.24) is 10.2 Å². The van der Waals surface area contributed by atoms with Crippen LogP contribution in [-0.2, 0) is 0 Å². The first kappa shape index (κ1) is 17.3. The molecule has 0 radical (unpaired) electrons. The van der Waals surface area contributed by atoms with E-state index in [0.717, 1.165) is 18.4 Å². The molecule has 0 amide bonds. The summed E-state index contributed by atoms with van der Waals surface area (Å²) in [6, 6.07) is 0. The molecule has 0 fully saturated rings. The zero-order chi connectivity index (χ0) is 12.3. The van der Waals surface area contributed by atoms with Gasteiger partial charge in [0, 0.05) is 0 Å². The molecule has 0 aliphatic rings. The summed E-state index contributed by atoms with van der Waals surface area (Å²) >= 11 is 0. The van der Waals surface area contributed by atoms with E-state index < -0.39 is 0 Å². The molecule has 0 saturated heterocycles. The highest BCUT2D eigenvalue weighted by molar-refractivity contribution is 4.64. The van der Waals surface area contributed by atoms with Crippen LogP contribution in [0.5, 0.6) is 0 Å². The van der Waals surface area contributed by atoms with Crippen LogP contribution in [0.1, 0.15) is 40.5 Å². The van der Waals surface area contributed by atoms with E-state index in [1.54, 1.807) is 0 Å². The first-order valence-electron chi connectivity index (χ1n) is 6.37. The maximum absolute atomic E-state index is 3.21. The Morgan fingerprint density at radius 3 is 1.87 bits per heavy atom. The molecule has 94 valence electrons. The largest absolute Gasteiger partial charge is 0.320 e. The van der Waals surface area contributed by atoms with Crippen LogP contribution in [0.4, 0.5) is 0 Å².